The molecule has 5 heteroatoms. The van der Waals surface area contributed by atoms with Gasteiger partial charge in [-0.1, -0.05) is 55.6 Å². The van der Waals surface area contributed by atoms with Crippen molar-refractivity contribution >= 4 is 34.6 Å². The van der Waals surface area contributed by atoms with Crippen LogP contribution in [-0.4, -0.2) is 10.9 Å². The summed E-state index contributed by atoms with van der Waals surface area (Å²) in [4.78, 5) is 30.0. The third-order valence-corrected chi connectivity index (χ3v) is 5.05. The van der Waals surface area contributed by atoms with Gasteiger partial charge >= 0.3 is 5.63 Å². The molecule has 0 bridgehead atoms. The molecule has 5 nitrogen and oxygen atoms in total. The number of nitrogens with zero attached hydrogens (tertiary/aromatic N) is 1. The highest BCUT2D eigenvalue weighted by atomic mass is 16.4. The van der Waals surface area contributed by atoms with E-state index in [0.29, 0.717) is 27.7 Å². The first kappa shape index (κ1) is 20.0. The minimum atomic E-state index is -0.472. The average molecular weight is 408 g/mol. The maximum Gasteiger partial charge on any atom is 0.347 e. The fraction of sp³-hybridized carbons (Fsp3) is 0.0385. The smallest absolute Gasteiger partial charge is 0.347 e. The van der Waals surface area contributed by atoms with Crippen molar-refractivity contribution in [2.75, 3.05) is 5.32 Å². The monoisotopic (exact) mass is 408 g/mol. The summed E-state index contributed by atoms with van der Waals surface area (Å²) in [5, 5.41) is 3.32. The summed E-state index contributed by atoms with van der Waals surface area (Å²) in [7, 11) is 0. The molecular formula is C26H20N2O3. The van der Waals surface area contributed by atoms with Gasteiger partial charge in [-0.2, -0.15) is 0 Å². The molecular weight excluding hydrogens is 388 g/mol. The number of carbonyl (C=O) groups excluding carboxylic acids is 1. The van der Waals surface area contributed by atoms with Crippen molar-refractivity contribution in [2.45, 2.75) is 6.92 Å². The van der Waals surface area contributed by atoms with E-state index >= 15 is 0 Å². The number of para-hydroxylation sites is 2. The van der Waals surface area contributed by atoms with Crippen molar-refractivity contribution in [3.8, 4) is 11.5 Å². The summed E-state index contributed by atoms with van der Waals surface area (Å²) in [6.07, 6.45) is 3.39. The molecule has 4 rings (SSSR count). The van der Waals surface area contributed by atoms with E-state index in [1.165, 1.54) is 0 Å². The van der Waals surface area contributed by atoms with Crippen LogP contribution in [0.2, 0.25) is 0 Å². The van der Waals surface area contributed by atoms with Crippen LogP contribution in [0.4, 0.5) is 5.69 Å². The van der Waals surface area contributed by atoms with E-state index in [1.807, 2.05) is 19.1 Å². The Morgan fingerprint density at radius 1 is 1.00 bits per heavy atom. The molecule has 0 atom stereocenters. The van der Waals surface area contributed by atoms with Crippen molar-refractivity contribution in [1.29, 1.82) is 0 Å². The largest absolute Gasteiger partial charge is 0.403 e. The molecule has 3 aromatic carbocycles. The number of carbonyl (C=O) groups is 1. The standard InChI is InChI=1S/C26H20N2O3/c1-4-17-13-14-19(15-18(17)5-2)24(29)27-22-12-7-6-10-20(22)25-28-23-16(3)9-8-11-21(23)26(30)31-25/h4-15H,1-2H2,3H3,(H,27,29). The quantitative estimate of drug-likeness (QED) is 0.460. The Balaban J connectivity index is 1.75. The van der Waals surface area contributed by atoms with Crippen LogP contribution >= 0.6 is 0 Å². The lowest BCUT2D eigenvalue weighted by atomic mass is 10.0. The fourth-order valence-corrected chi connectivity index (χ4v) is 3.41. The molecule has 0 fully saturated rings. The van der Waals surface area contributed by atoms with Crippen LogP contribution in [0.25, 0.3) is 34.5 Å². The number of hydrogen-bond acceptors (Lipinski definition) is 4. The number of anilines is 1. The van der Waals surface area contributed by atoms with Crippen molar-refractivity contribution in [3.05, 3.63) is 106 Å². The second kappa shape index (κ2) is 8.24. The van der Waals surface area contributed by atoms with E-state index in [0.717, 1.165) is 16.7 Å². The van der Waals surface area contributed by atoms with Gasteiger partial charge in [0, 0.05) is 5.56 Å². The number of nitrogens with one attached hydrogen (secondary N) is 1. The van der Waals surface area contributed by atoms with Gasteiger partial charge in [-0.15, -0.1) is 0 Å². The molecule has 0 spiro atoms. The first-order chi connectivity index (χ1) is 15.0. The Morgan fingerprint density at radius 3 is 2.55 bits per heavy atom. The summed E-state index contributed by atoms with van der Waals surface area (Å²) < 4.78 is 5.48. The predicted molar refractivity (Wildman–Crippen MR) is 125 cm³/mol. The Morgan fingerprint density at radius 2 is 1.77 bits per heavy atom. The highest BCUT2D eigenvalue weighted by molar-refractivity contribution is 6.06. The lowest BCUT2D eigenvalue weighted by Gasteiger charge is -2.11. The van der Waals surface area contributed by atoms with Gasteiger partial charge in [0.2, 0.25) is 5.89 Å². The molecule has 4 aromatic rings. The Bertz CT molecular complexity index is 1400. The normalized spacial score (nSPS) is 10.6. The lowest BCUT2D eigenvalue weighted by molar-refractivity contribution is 0.102. The van der Waals surface area contributed by atoms with Gasteiger partial charge < -0.3 is 9.73 Å². The molecule has 1 heterocycles. The Kier molecular flexibility index (Phi) is 5.33. The van der Waals surface area contributed by atoms with Gasteiger partial charge in [-0.3, -0.25) is 4.79 Å². The molecule has 0 aliphatic heterocycles. The van der Waals surface area contributed by atoms with Gasteiger partial charge in [0.15, 0.2) is 0 Å². The molecule has 0 aliphatic carbocycles. The minimum absolute atomic E-state index is 0.150. The molecule has 1 N–H and O–H groups in total. The third-order valence-electron chi connectivity index (χ3n) is 5.05. The van der Waals surface area contributed by atoms with Crippen LogP contribution in [0.1, 0.15) is 27.0 Å². The van der Waals surface area contributed by atoms with Crippen molar-refractivity contribution in [1.82, 2.24) is 4.98 Å². The van der Waals surface area contributed by atoms with E-state index in [1.54, 1.807) is 60.7 Å². The van der Waals surface area contributed by atoms with Gasteiger partial charge in [0.1, 0.15) is 0 Å². The van der Waals surface area contributed by atoms with Gasteiger partial charge in [0.05, 0.1) is 22.2 Å². The van der Waals surface area contributed by atoms with Crippen LogP contribution in [0.15, 0.2) is 83.0 Å². The predicted octanol–water partition coefficient (Wildman–Crippen LogP) is 5.70. The number of aromatic nitrogens is 1. The molecule has 1 aromatic heterocycles. The first-order valence-electron chi connectivity index (χ1n) is 9.72. The highest BCUT2D eigenvalue weighted by Gasteiger charge is 2.16. The fourth-order valence-electron chi connectivity index (χ4n) is 3.41. The molecule has 0 saturated heterocycles. The molecule has 0 unspecified atom stereocenters. The van der Waals surface area contributed by atoms with Crippen molar-refractivity contribution in [2.24, 2.45) is 0 Å². The second-order valence-corrected chi connectivity index (χ2v) is 7.03. The third kappa shape index (κ3) is 3.81. The van der Waals surface area contributed by atoms with Crippen LogP contribution < -0.4 is 10.9 Å². The number of benzene rings is 3. The Labute approximate surface area is 179 Å². The van der Waals surface area contributed by atoms with Crippen LogP contribution in [0.3, 0.4) is 0 Å². The summed E-state index contributed by atoms with van der Waals surface area (Å²) in [5.74, 6) is -0.151. The highest BCUT2D eigenvalue weighted by Crippen LogP contribution is 2.28. The van der Waals surface area contributed by atoms with Crippen LogP contribution in [0, 0.1) is 6.92 Å². The second-order valence-electron chi connectivity index (χ2n) is 7.03. The molecule has 0 radical (unpaired) electrons. The molecule has 152 valence electrons. The summed E-state index contributed by atoms with van der Waals surface area (Å²) in [5.41, 5.74) is 4.16. The summed E-state index contributed by atoms with van der Waals surface area (Å²) in [6, 6.07) is 17.7. The zero-order chi connectivity index (χ0) is 22.0. The molecule has 31 heavy (non-hydrogen) atoms. The summed E-state index contributed by atoms with van der Waals surface area (Å²) >= 11 is 0. The number of rotatable bonds is 5. The van der Waals surface area contributed by atoms with Crippen molar-refractivity contribution < 1.29 is 9.21 Å². The number of hydrogen-bond donors (Lipinski definition) is 1. The molecule has 1 amide bonds. The van der Waals surface area contributed by atoms with Crippen LogP contribution in [-0.2, 0) is 0 Å². The topological polar surface area (TPSA) is 72.2 Å². The first-order valence-corrected chi connectivity index (χ1v) is 9.72. The maximum absolute atomic E-state index is 12.9. The average Bonchev–Trinajstić information content (AvgIpc) is 2.79. The van der Waals surface area contributed by atoms with Crippen molar-refractivity contribution in [3.63, 3.8) is 0 Å². The SMILES string of the molecule is C=Cc1ccc(C(=O)Nc2ccccc2-c2nc3c(C)cccc3c(=O)o2)cc1C=C. The molecule has 0 saturated carbocycles. The zero-order valence-corrected chi connectivity index (χ0v) is 17.0. The van der Waals surface area contributed by atoms with E-state index < -0.39 is 5.63 Å². The van der Waals surface area contributed by atoms with E-state index in [4.69, 9.17) is 4.42 Å². The van der Waals surface area contributed by atoms with Gasteiger partial charge in [-0.05, 0) is 53.9 Å². The lowest BCUT2D eigenvalue weighted by Crippen LogP contribution is -2.13. The Hall–Kier alpha value is -4.25. The van der Waals surface area contributed by atoms with Crippen LogP contribution in [0.5, 0.6) is 0 Å². The number of fused-ring (bicyclic) bond motifs is 1. The number of amides is 1. The van der Waals surface area contributed by atoms with E-state index in [-0.39, 0.29) is 11.8 Å². The maximum atomic E-state index is 12.9. The van der Waals surface area contributed by atoms with E-state index in [2.05, 4.69) is 23.5 Å². The van der Waals surface area contributed by atoms with Gasteiger partial charge in [0.25, 0.3) is 5.91 Å². The minimum Gasteiger partial charge on any atom is -0.403 e. The number of aryl methyl sites for hydroxylation is 1. The van der Waals surface area contributed by atoms with E-state index in [9.17, 15) is 9.59 Å². The molecule has 0 aliphatic rings. The zero-order valence-electron chi connectivity index (χ0n) is 17.0. The van der Waals surface area contributed by atoms with Gasteiger partial charge in [-0.25, -0.2) is 9.78 Å². The summed E-state index contributed by atoms with van der Waals surface area (Å²) in [6.45, 7) is 9.44.